The predicted molar refractivity (Wildman–Crippen MR) is 82.7 cm³/mol. The summed E-state index contributed by atoms with van der Waals surface area (Å²) in [7, 11) is 0. The van der Waals surface area contributed by atoms with E-state index >= 15 is 0 Å². The molecule has 2 nitrogen and oxygen atoms in total. The van der Waals surface area contributed by atoms with Crippen LogP contribution in [0.3, 0.4) is 0 Å². The van der Waals surface area contributed by atoms with Gasteiger partial charge in [-0.3, -0.25) is 4.79 Å². The number of hydrogen-bond donors (Lipinski definition) is 0. The molecule has 1 aliphatic rings. The summed E-state index contributed by atoms with van der Waals surface area (Å²) in [4.78, 5) is 14.4. The van der Waals surface area contributed by atoms with Crippen molar-refractivity contribution in [3.8, 4) is 0 Å². The highest BCUT2D eigenvalue weighted by Crippen LogP contribution is 2.43. The monoisotopic (exact) mass is 283 g/mol. The quantitative estimate of drug-likeness (QED) is 0.792. The van der Waals surface area contributed by atoms with Crippen LogP contribution in [0, 0.1) is 0 Å². The van der Waals surface area contributed by atoms with Crippen molar-refractivity contribution in [2.75, 3.05) is 6.54 Å². The number of amides is 1. The van der Waals surface area contributed by atoms with Crippen LogP contribution in [0.4, 0.5) is 0 Å². The smallest absolute Gasteiger partial charge is 0.210 e. The highest BCUT2D eigenvalue weighted by Gasteiger charge is 2.29. The zero-order chi connectivity index (χ0) is 13.9. The Labute approximate surface area is 123 Å². The molecule has 1 heterocycles. The largest absolute Gasteiger partial charge is 0.337 e. The Kier molecular flexibility index (Phi) is 3.79. The van der Waals surface area contributed by atoms with Gasteiger partial charge in [-0.1, -0.05) is 42.5 Å². The van der Waals surface area contributed by atoms with Gasteiger partial charge in [0.1, 0.15) is 0 Å². The van der Waals surface area contributed by atoms with Crippen LogP contribution >= 0.6 is 11.8 Å². The number of thioether (sulfide) groups is 1. The van der Waals surface area contributed by atoms with Gasteiger partial charge in [-0.2, -0.15) is 0 Å². The first-order chi connectivity index (χ1) is 9.79. The molecule has 1 aliphatic heterocycles. The molecule has 2 aromatic rings. The molecule has 1 amide bonds. The van der Waals surface area contributed by atoms with Crippen LogP contribution in [-0.2, 0) is 4.79 Å². The topological polar surface area (TPSA) is 20.3 Å². The summed E-state index contributed by atoms with van der Waals surface area (Å²) in [5.41, 5.74) is 2.62. The van der Waals surface area contributed by atoms with Gasteiger partial charge in [0.25, 0.3) is 0 Å². The van der Waals surface area contributed by atoms with Gasteiger partial charge in [0.2, 0.25) is 6.41 Å². The van der Waals surface area contributed by atoms with E-state index in [0.29, 0.717) is 5.25 Å². The summed E-state index contributed by atoms with van der Waals surface area (Å²) in [6.07, 6.45) is 0.971. The van der Waals surface area contributed by atoms with E-state index in [1.807, 2.05) is 28.8 Å². The number of rotatable bonds is 3. The zero-order valence-corrected chi connectivity index (χ0v) is 12.2. The average molecular weight is 283 g/mol. The summed E-state index contributed by atoms with van der Waals surface area (Å²) >= 11 is 1.83. The third-order valence-corrected chi connectivity index (χ3v) is 5.06. The van der Waals surface area contributed by atoms with Crippen molar-refractivity contribution in [1.29, 1.82) is 0 Å². The van der Waals surface area contributed by atoms with E-state index in [-0.39, 0.29) is 6.04 Å². The molecule has 0 spiro atoms. The second kappa shape index (κ2) is 5.71. The molecule has 0 aromatic heterocycles. The van der Waals surface area contributed by atoms with Gasteiger partial charge >= 0.3 is 0 Å². The zero-order valence-electron chi connectivity index (χ0n) is 11.4. The SMILES string of the molecule is C[C@@H]1c2ccccc2C(Sc2ccccc2)CN1C=O. The highest BCUT2D eigenvalue weighted by molar-refractivity contribution is 7.99. The van der Waals surface area contributed by atoms with Crippen molar-refractivity contribution in [3.63, 3.8) is 0 Å². The minimum absolute atomic E-state index is 0.163. The van der Waals surface area contributed by atoms with Crippen molar-refractivity contribution in [3.05, 3.63) is 65.7 Å². The average Bonchev–Trinajstić information content (AvgIpc) is 2.51. The lowest BCUT2D eigenvalue weighted by molar-refractivity contribution is -0.120. The van der Waals surface area contributed by atoms with E-state index in [2.05, 4.69) is 49.4 Å². The molecule has 0 saturated heterocycles. The Morgan fingerprint density at radius 2 is 1.70 bits per heavy atom. The predicted octanol–water partition coefficient (Wildman–Crippen LogP) is 4.05. The van der Waals surface area contributed by atoms with Crippen LogP contribution in [0.1, 0.15) is 29.3 Å². The second-order valence-corrected chi connectivity index (χ2v) is 6.30. The molecular weight excluding hydrogens is 266 g/mol. The van der Waals surface area contributed by atoms with E-state index in [1.54, 1.807) is 0 Å². The normalized spacial score (nSPS) is 21.4. The number of carbonyl (C=O) groups is 1. The molecule has 0 aliphatic carbocycles. The van der Waals surface area contributed by atoms with Gasteiger partial charge in [0.15, 0.2) is 0 Å². The minimum atomic E-state index is 0.163. The number of carbonyl (C=O) groups excluding carboxylic acids is 1. The fourth-order valence-electron chi connectivity index (χ4n) is 2.71. The summed E-state index contributed by atoms with van der Waals surface area (Å²) in [5, 5.41) is 0.301. The van der Waals surface area contributed by atoms with Crippen molar-refractivity contribution in [2.45, 2.75) is 23.1 Å². The molecule has 1 unspecified atom stereocenters. The van der Waals surface area contributed by atoms with E-state index in [9.17, 15) is 4.79 Å². The van der Waals surface area contributed by atoms with Gasteiger partial charge in [-0.25, -0.2) is 0 Å². The first-order valence-corrected chi connectivity index (χ1v) is 7.69. The van der Waals surface area contributed by atoms with Crippen LogP contribution in [-0.4, -0.2) is 17.9 Å². The number of nitrogens with zero attached hydrogens (tertiary/aromatic N) is 1. The maximum atomic E-state index is 11.3. The first-order valence-electron chi connectivity index (χ1n) is 6.81. The lowest BCUT2D eigenvalue weighted by Gasteiger charge is -2.37. The Balaban J connectivity index is 1.94. The van der Waals surface area contributed by atoms with Gasteiger partial charge < -0.3 is 4.90 Å². The fraction of sp³-hybridized carbons (Fsp3) is 0.235. The molecule has 0 fully saturated rings. The van der Waals surface area contributed by atoms with E-state index in [4.69, 9.17) is 0 Å². The number of hydrogen-bond acceptors (Lipinski definition) is 2. The fourth-order valence-corrected chi connectivity index (χ4v) is 3.94. The molecule has 2 aromatic carbocycles. The third-order valence-electron chi connectivity index (χ3n) is 3.82. The molecule has 20 heavy (non-hydrogen) atoms. The highest BCUT2D eigenvalue weighted by atomic mass is 32.2. The second-order valence-electron chi connectivity index (χ2n) is 5.03. The summed E-state index contributed by atoms with van der Waals surface area (Å²) in [6, 6.07) is 19.0. The number of benzene rings is 2. The van der Waals surface area contributed by atoms with Crippen LogP contribution in [0.25, 0.3) is 0 Å². The molecule has 0 saturated carbocycles. The molecular formula is C17H17NOS. The minimum Gasteiger partial charge on any atom is -0.337 e. The van der Waals surface area contributed by atoms with E-state index in [1.165, 1.54) is 16.0 Å². The summed E-state index contributed by atoms with van der Waals surface area (Å²) < 4.78 is 0. The van der Waals surface area contributed by atoms with Crippen molar-refractivity contribution >= 4 is 18.2 Å². The molecule has 2 atom stereocenters. The molecule has 0 N–H and O–H groups in total. The van der Waals surface area contributed by atoms with Crippen LogP contribution < -0.4 is 0 Å². The molecule has 3 heteroatoms. The van der Waals surface area contributed by atoms with Gasteiger partial charge in [0, 0.05) is 11.4 Å². The van der Waals surface area contributed by atoms with Gasteiger partial charge in [0.05, 0.1) is 11.3 Å². The summed E-state index contributed by atoms with van der Waals surface area (Å²) in [5.74, 6) is 0. The third kappa shape index (κ3) is 2.46. The van der Waals surface area contributed by atoms with Gasteiger partial charge in [-0.05, 0) is 30.2 Å². The Morgan fingerprint density at radius 1 is 1.05 bits per heavy atom. The van der Waals surface area contributed by atoms with Crippen molar-refractivity contribution in [2.24, 2.45) is 0 Å². The first kappa shape index (κ1) is 13.3. The van der Waals surface area contributed by atoms with E-state index in [0.717, 1.165) is 13.0 Å². The van der Waals surface area contributed by atoms with Crippen LogP contribution in [0.15, 0.2) is 59.5 Å². The summed E-state index contributed by atoms with van der Waals surface area (Å²) in [6.45, 7) is 2.86. The van der Waals surface area contributed by atoms with Crippen LogP contribution in [0.2, 0.25) is 0 Å². The molecule has 0 radical (unpaired) electrons. The number of fused-ring (bicyclic) bond motifs is 1. The molecule has 0 bridgehead atoms. The van der Waals surface area contributed by atoms with Crippen molar-refractivity contribution < 1.29 is 4.79 Å². The lowest BCUT2D eigenvalue weighted by Crippen LogP contribution is -2.34. The van der Waals surface area contributed by atoms with E-state index < -0.39 is 0 Å². The Morgan fingerprint density at radius 3 is 2.40 bits per heavy atom. The van der Waals surface area contributed by atoms with Crippen LogP contribution in [0.5, 0.6) is 0 Å². The molecule has 3 rings (SSSR count). The maximum Gasteiger partial charge on any atom is 0.210 e. The Bertz CT molecular complexity index is 599. The Hall–Kier alpha value is -1.74. The molecule has 102 valence electrons. The van der Waals surface area contributed by atoms with Crippen molar-refractivity contribution in [1.82, 2.24) is 4.90 Å². The maximum absolute atomic E-state index is 11.3. The lowest BCUT2D eigenvalue weighted by atomic mass is 9.94. The van der Waals surface area contributed by atoms with Gasteiger partial charge in [-0.15, -0.1) is 11.8 Å². The standard InChI is InChI=1S/C17H17NOS/c1-13-15-9-5-6-10-16(15)17(11-18(13)12-19)20-14-7-3-2-4-8-14/h2-10,12-13,17H,11H2,1H3/t13-,17?/m1/s1.